The van der Waals surface area contributed by atoms with Crippen molar-refractivity contribution in [3.8, 4) is 0 Å². The SMILES string of the molecule is CC[C@@H](C)N(C)CCNC(=O)c1ccc(F)cc1Br. The Balaban J connectivity index is 2.47. The van der Waals surface area contributed by atoms with Crippen LogP contribution in [0, 0.1) is 5.82 Å². The minimum atomic E-state index is -0.361. The summed E-state index contributed by atoms with van der Waals surface area (Å²) in [6.07, 6.45) is 1.08. The van der Waals surface area contributed by atoms with Gasteiger partial charge in [0.25, 0.3) is 5.91 Å². The highest BCUT2D eigenvalue weighted by Crippen LogP contribution is 2.17. The molecule has 1 aromatic rings. The van der Waals surface area contributed by atoms with Gasteiger partial charge in [-0.25, -0.2) is 4.39 Å². The van der Waals surface area contributed by atoms with Crippen molar-refractivity contribution in [2.75, 3.05) is 20.1 Å². The third-order valence-corrected chi connectivity index (χ3v) is 3.93. The molecular weight excluding hydrogens is 311 g/mol. The van der Waals surface area contributed by atoms with Gasteiger partial charge >= 0.3 is 0 Å². The lowest BCUT2D eigenvalue weighted by atomic mass is 10.2. The van der Waals surface area contributed by atoms with E-state index in [9.17, 15) is 9.18 Å². The van der Waals surface area contributed by atoms with Gasteiger partial charge in [0.15, 0.2) is 0 Å². The highest BCUT2D eigenvalue weighted by atomic mass is 79.9. The third kappa shape index (κ3) is 4.91. The average Bonchev–Trinajstić information content (AvgIpc) is 2.37. The molecular formula is C14H20BrFN2O. The van der Waals surface area contributed by atoms with Crippen LogP contribution < -0.4 is 5.32 Å². The van der Waals surface area contributed by atoms with Gasteiger partial charge in [-0.05, 0) is 54.5 Å². The molecule has 0 saturated heterocycles. The number of benzene rings is 1. The molecule has 1 atom stereocenters. The zero-order valence-corrected chi connectivity index (χ0v) is 13.1. The minimum Gasteiger partial charge on any atom is -0.351 e. The molecule has 0 unspecified atom stereocenters. The molecule has 1 aromatic carbocycles. The first-order valence-electron chi connectivity index (χ1n) is 6.39. The second-order valence-electron chi connectivity index (χ2n) is 4.62. The first kappa shape index (κ1) is 16.1. The summed E-state index contributed by atoms with van der Waals surface area (Å²) in [6.45, 7) is 5.65. The summed E-state index contributed by atoms with van der Waals surface area (Å²) in [7, 11) is 2.04. The fourth-order valence-electron chi connectivity index (χ4n) is 1.65. The topological polar surface area (TPSA) is 32.3 Å². The van der Waals surface area contributed by atoms with Crippen molar-refractivity contribution in [1.29, 1.82) is 0 Å². The van der Waals surface area contributed by atoms with Gasteiger partial charge in [-0.2, -0.15) is 0 Å². The van der Waals surface area contributed by atoms with Gasteiger partial charge in [-0.15, -0.1) is 0 Å². The largest absolute Gasteiger partial charge is 0.351 e. The summed E-state index contributed by atoms with van der Waals surface area (Å²) in [5.74, 6) is -0.552. The van der Waals surface area contributed by atoms with Gasteiger partial charge in [0.2, 0.25) is 0 Å². The summed E-state index contributed by atoms with van der Waals surface area (Å²) < 4.78 is 13.4. The second-order valence-corrected chi connectivity index (χ2v) is 5.47. The van der Waals surface area contributed by atoms with Crippen LogP contribution in [0.15, 0.2) is 22.7 Å². The lowest BCUT2D eigenvalue weighted by Crippen LogP contribution is -2.37. The Morgan fingerprint density at radius 1 is 1.53 bits per heavy atom. The van der Waals surface area contributed by atoms with Crippen LogP contribution in [0.1, 0.15) is 30.6 Å². The van der Waals surface area contributed by atoms with Crippen molar-refractivity contribution < 1.29 is 9.18 Å². The van der Waals surface area contributed by atoms with Crippen molar-refractivity contribution in [1.82, 2.24) is 10.2 Å². The van der Waals surface area contributed by atoms with E-state index < -0.39 is 0 Å². The Labute approximate surface area is 122 Å². The molecule has 0 fully saturated rings. The van der Waals surface area contributed by atoms with E-state index in [2.05, 4.69) is 40.0 Å². The number of carbonyl (C=O) groups is 1. The lowest BCUT2D eigenvalue weighted by Gasteiger charge is -2.23. The molecule has 1 rings (SSSR count). The standard InChI is InChI=1S/C14H20BrFN2O/c1-4-10(2)18(3)8-7-17-14(19)12-6-5-11(16)9-13(12)15/h5-6,9-10H,4,7-8H2,1-3H3,(H,17,19)/t10-/m1/s1. The third-order valence-electron chi connectivity index (χ3n) is 3.27. The summed E-state index contributed by atoms with van der Waals surface area (Å²) in [5, 5.41) is 2.84. The van der Waals surface area contributed by atoms with Crippen molar-refractivity contribution in [2.45, 2.75) is 26.3 Å². The Kier molecular flexibility index (Phi) is 6.45. The van der Waals surface area contributed by atoms with Gasteiger partial charge in [0.05, 0.1) is 5.56 Å². The maximum Gasteiger partial charge on any atom is 0.252 e. The zero-order chi connectivity index (χ0) is 14.4. The van der Waals surface area contributed by atoms with Crippen molar-refractivity contribution in [3.05, 3.63) is 34.1 Å². The Hall–Kier alpha value is -0.940. The fourth-order valence-corrected chi connectivity index (χ4v) is 2.18. The number of nitrogens with one attached hydrogen (secondary N) is 1. The minimum absolute atomic E-state index is 0.190. The van der Waals surface area contributed by atoms with Crippen LogP contribution in [0.4, 0.5) is 4.39 Å². The van der Waals surface area contributed by atoms with Gasteiger partial charge in [-0.1, -0.05) is 6.92 Å². The number of nitrogens with zero attached hydrogens (tertiary/aromatic N) is 1. The predicted octanol–water partition coefficient (Wildman–Crippen LogP) is 3.05. The van der Waals surface area contributed by atoms with Crippen LogP contribution in [-0.4, -0.2) is 37.0 Å². The maximum absolute atomic E-state index is 12.9. The van der Waals surface area contributed by atoms with E-state index in [0.717, 1.165) is 13.0 Å². The zero-order valence-electron chi connectivity index (χ0n) is 11.5. The molecule has 0 bridgehead atoms. The van der Waals surface area contributed by atoms with E-state index in [4.69, 9.17) is 0 Å². The number of halogens is 2. The summed E-state index contributed by atoms with van der Waals surface area (Å²) in [6, 6.07) is 4.55. The molecule has 106 valence electrons. The van der Waals surface area contributed by atoms with E-state index in [-0.39, 0.29) is 11.7 Å². The smallest absolute Gasteiger partial charge is 0.252 e. The van der Waals surface area contributed by atoms with Crippen molar-refractivity contribution >= 4 is 21.8 Å². The molecule has 0 radical (unpaired) electrons. The van der Waals surface area contributed by atoms with Gasteiger partial charge in [0, 0.05) is 23.6 Å². The first-order valence-corrected chi connectivity index (χ1v) is 7.18. The predicted molar refractivity (Wildman–Crippen MR) is 78.8 cm³/mol. The van der Waals surface area contributed by atoms with Crippen LogP contribution in [0.5, 0.6) is 0 Å². The number of rotatable bonds is 6. The van der Waals surface area contributed by atoms with Gasteiger partial charge < -0.3 is 10.2 Å². The molecule has 5 heteroatoms. The molecule has 0 heterocycles. The number of carbonyl (C=O) groups excluding carboxylic acids is 1. The van der Waals surface area contributed by atoms with Crippen molar-refractivity contribution in [3.63, 3.8) is 0 Å². The molecule has 1 amide bonds. The van der Waals surface area contributed by atoms with E-state index >= 15 is 0 Å². The molecule has 0 aromatic heterocycles. The summed E-state index contributed by atoms with van der Waals surface area (Å²) in [4.78, 5) is 14.1. The molecule has 19 heavy (non-hydrogen) atoms. The highest BCUT2D eigenvalue weighted by Gasteiger charge is 2.11. The average molecular weight is 331 g/mol. The highest BCUT2D eigenvalue weighted by molar-refractivity contribution is 9.10. The van der Waals surface area contributed by atoms with E-state index in [0.29, 0.717) is 22.6 Å². The Morgan fingerprint density at radius 3 is 2.79 bits per heavy atom. The molecule has 0 spiro atoms. The molecule has 1 N–H and O–H groups in total. The van der Waals surface area contributed by atoms with E-state index in [1.807, 2.05) is 7.05 Å². The van der Waals surface area contributed by atoms with Gasteiger partial charge in [-0.3, -0.25) is 4.79 Å². The molecule has 3 nitrogen and oxygen atoms in total. The first-order chi connectivity index (χ1) is 8.95. The maximum atomic E-state index is 12.9. The Morgan fingerprint density at radius 2 is 2.21 bits per heavy atom. The van der Waals surface area contributed by atoms with Crippen LogP contribution in [0.2, 0.25) is 0 Å². The van der Waals surface area contributed by atoms with Crippen LogP contribution in [0.25, 0.3) is 0 Å². The Bertz CT molecular complexity index is 439. The van der Waals surface area contributed by atoms with Crippen LogP contribution >= 0.6 is 15.9 Å². The normalized spacial score (nSPS) is 12.5. The molecule has 0 saturated carbocycles. The van der Waals surface area contributed by atoms with E-state index in [1.165, 1.54) is 18.2 Å². The fraction of sp³-hybridized carbons (Fsp3) is 0.500. The lowest BCUT2D eigenvalue weighted by molar-refractivity contribution is 0.0946. The number of likely N-dealkylation sites (N-methyl/N-ethyl adjacent to an activating group) is 1. The number of amides is 1. The molecule has 0 aliphatic heterocycles. The van der Waals surface area contributed by atoms with Crippen molar-refractivity contribution in [2.24, 2.45) is 0 Å². The number of hydrogen-bond donors (Lipinski definition) is 1. The van der Waals surface area contributed by atoms with Crippen LogP contribution in [0.3, 0.4) is 0 Å². The monoisotopic (exact) mass is 330 g/mol. The number of hydrogen-bond acceptors (Lipinski definition) is 2. The van der Waals surface area contributed by atoms with E-state index in [1.54, 1.807) is 0 Å². The van der Waals surface area contributed by atoms with Gasteiger partial charge in [0.1, 0.15) is 5.82 Å². The van der Waals surface area contributed by atoms with Crippen LogP contribution in [-0.2, 0) is 0 Å². The summed E-state index contributed by atoms with van der Waals surface area (Å²) in [5.41, 5.74) is 0.451. The molecule has 0 aliphatic carbocycles. The second kappa shape index (κ2) is 7.60. The quantitative estimate of drug-likeness (QED) is 0.869. The molecule has 0 aliphatic rings. The summed E-state index contributed by atoms with van der Waals surface area (Å²) >= 11 is 3.19.